The van der Waals surface area contributed by atoms with Crippen molar-refractivity contribution < 1.29 is 19.0 Å². The zero-order valence-electron chi connectivity index (χ0n) is 16.6. The lowest BCUT2D eigenvalue weighted by molar-refractivity contribution is -0.124. The highest BCUT2D eigenvalue weighted by Gasteiger charge is 2.28. The van der Waals surface area contributed by atoms with Gasteiger partial charge in [0.05, 0.1) is 39.3 Å². The van der Waals surface area contributed by atoms with E-state index in [0.29, 0.717) is 35.6 Å². The van der Waals surface area contributed by atoms with E-state index in [4.69, 9.17) is 14.2 Å². The summed E-state index contributed by atoms with van der Waals surface area (Å²) in [4.78, 5) is 13.9. The van der Waals surface area contributed by atoms with Gasteiger partial charge in [0.1, 0.15) is 5.75 Å². The molecule has 0 spiro atoms. The van der Waals surface area contributed by atoms with E-state index in [-0.39, 0.29) is 5.91 Å². The first-order valence-corrected chi connectivity index (χ1v) is 10.1. The topological polar surface area (TPSA) is 72.7 Å². The van der Waals surface area contributed by atoms with E-state index >= 15 is 0 Å². The van der Waals surface area contributed by atoms with Gasteiger partial charge >= 0.3 is 0 Å². The fourth-order valence-corrected chi connectivity index (χ4v) is 3.66. The van der Waals surface area contributed by atoms with Gasteiger partial charge in [0.15, 0.2) is 16.7 Å². The Bertz CT molecular complexity index is 913. The van der Waals surface area contributed by atoms with E-state index in [2.05, 4.69) is 10.2 Å². The van der Waals surface area contributed by atoms with E-state index in [1.165, 1.54) is 11.8 Å². The molecule has 0 atom stereocenters. The van der Waals surface area contributed by atoms with Crippen LogP contribution in [0.4, 0.5) is 0 Å². The molecule has 2 aromatic carbocycles. The van der Waals surface area contributed by atoms with Crippen LogP contribution in [0.15, 0.2) is 52.7 Å². The molecule has 1 aliphatic rings. The Balaban J connectivity index is 1.74. The van der Waals surface area contributed by atoms with Crippen molar-refractivity contribution in [3.05, 3.63) is 53.6 Å². The second kappa shape index (κ2) is 9.97. The summed E-state index contributed by atoms with van der Waals surface area (Å²) in [5, 5.41) is 8.99. The molecule has 0 aliphatic carbocycles. The maximum absolute atomic E-state index is 12.3. The first-order chi connectivity index (χ1) is 14.2. The monoisotopic (exact) mass is 413 g/mol. The summed E-state index contributed by atoms with van der Waals surface area (Å²) < 4.78 is 16.1. The number of benzene rings is 2. The summed E-state index contributed by atoms with van der Waals surface area (Å²) in [7, 11) is 3.16. The van der Waals surface area contributed by atoms with Crippen LogP contribution in [0.3, 0.4) is 0 Å². The quantitative estimate of drug-likeness (QED) is 0.489. The smallest absolute Gasteiger partial charge is 0.239 e. The zero-order valence-corrected chi connectivity index (χ0v) is 17.4. The molecule has 152 valence electrons. The normalized spacial score (nSPS) is 15.3. The Kier molecular flexibility index (Phi) is 7.13. The summed E-state index contributed by atoms with van der Waals surface area (Å²) >= 11 is 1.37. The van der Waals surface area contributed by atoms with Gasteiger partial charge < -0.3 is 14.2 Å². The Morgan fingerprint density at radius 1 is 1.14 bits per heavy atom. The Labute approximate surface area is 174 Å². The van der Waals surface area contributed by atoms with E-state index in [1.807, 2.05) is 49.4 Å². The first kappa shape index (κ1) is 20.7. The summed E-state index contributed by atoms with van der Waals surface area (Å²) in [6, 6.07) is 13.2. The molecule has 0 radical (unpaired) electrons. The fraction of sp³-hybridized carbons (Fsp3) is 0.286. The third-order valence-electron chi connectivity index (χ3n) is 4.21. The maximum Gasteiger partial charge on any atom is 0.239 e. The molecule has 1 aliphatic heterocycles. The molecule has 1 saturated heterocycles. The van der Waals surface area contributed by atoms with Crippen molar-refractivity contribution in [1.82, 2.24) is 4.90 Å². The standard InChI is InChI=1S/C21H23N3O4S/c1-4-28-17-10-8-15(9-11-17)13-24-19(25)14-29-21(24)23-22-12-16-6-5-7-18(26-2)20(16)27-3/h5-12H,4,13-14H2,1-3H3. The lowest BCUT2D eigenvalue weighted by atomic mass is 10.2. The van der Waals surface area contributed by atoms with Crippen molar-refractivity contribution in [2.45, 2.75) is 13.5 Å². The summed E-state index contributed by atoms with van der Waals surface area (Å²) in [5.41, 5.74) is 1.74. The number of para-hydroxylation sites is 1. The van der Waals surface area contributed by atoms with Gasteiger partial charge in [0.25, 0.3) is 0 Å². The molecule has 2 aromatic rings. The van der Waals surface area contributed by atoms with E-state index < -0.39 is 0 Å². The van der Waals surface area contributed by atoms with Crippen LogP contribution in [0.25, 0.3) is 0 Å². The van der Waals surface area contributed by atoms with Crippen LogP contribution in [0, 0.1) is 0 Å². The number of ether oxygens (including phenoxy) is 3. The molecule has 1 amide bonds. The van der Waals surface area contributed by atoms with Crippen LogP contribution >= 0.6 is 11.8 Å². The van der Waals surface area contributed by atoms with Crippen molar-refractivity contribution in [3.63, 3.8) is 0 Å². The van der Waals surface area contributed by atoms with Gasteiger partial charge in [-0.15, -0.1) is 5.10 Å². The van der Waals surface area contributed by atoms with Crippen molar-refractivity contribution in [1.29, 1.82) is 0 Å². The van der Waals surface area contributed by atoms with E-state index in [1.54, 1.807) is 25.3 Å². The summed E-state index contributed by atoms with van der Waals surface area (Å²) in [6.45, 7) is 3.00. The number of hydrogen-bond donors (Lipinski definition) is 0. The number of amidine groups is 1. The number of nitrogens with zero attached hydrogens (tertiary/aromatic N) is 3. The minimum atomic E-state index is 0.0109. The van der Waals surface area contributed by atoms with Crippen LogP contribution in [-0.2, 0) is 11.3 Å². The molecule has 1 heterocycles. The molecular formula is C21H23N3O4S. The molecule has 0 saturated carbocycles. The Morgan fingerprint density at radius 3 is 2.62 bits per heavy atom. The number of carbonyl (C=O) groups is 1. The van der Waals surface area contributed by atoms with Crippen LogP contribution in [0.5, 0.6) is 17.2 Å². The average molecular weight is 413 g/mol. The van der Waals surface area contributed by atoms with Crippen molar-refractivity contribution >= 4 is 29.1 Å². The van der Waals surface area contributed by atoms with E-state index in [0.717, 1.165) is 16.9 Å². The molecule has 0 unspecified atom stereocenters. The number of rotatable bonds is 8. The molecule has 29 heavy (non-hydrogen) atoms. The molecule has 1 fully saturated rings. The summed E-state index contributed by atoms with van der Waals surface area (Å²) in [5.74, 6) is 2.38. The SMILES string of the molecule is CCOc1ccc(CN2C(=O)CSC2=NN=Cc2cccc(OC)c2OC)cc1. The lowest BCUT2D eigenvalue weighted by Crippen LogP contribution is -2.28. The molecule has 0 aromatic heterocycles. The minimum Gasteiger partial charge on any atom is -0.494 e. The molecule has 8 heteroatoms. The fourth-order valence-electron chi connectivity index (χ4n) is 2.82. The highest BCUT2D eigenvalue weighted by molar-refractivity contribution is 8.15. The largest absolute Gasteiger partial charge is 0.494 e. The zero-order chi connectivity index (χ0) is 20.6. The first-order valence-electron chi connectivity index (χ1n) is 9.13. The van der Waals surface area contributed by atoms with Gasteiger partial charge in [-0.05, 0) is 36.8 Å². The Hall–Kier alpha value is -3.00. The average Bonchev–Trinajstić information content (AvgIpc) is 3.08. The number of amides is 1. The second-order valence-corrected chi connectivity index (χ2v) is 7.00. The van der Waals surface area contributed by atoms with Gasteiger partial charge in [-0.25, -0.2) is 0 Å². The van der Waals surface area contributed by atoms with Gasteiger partial charge in [0, 0.05) is 5.56 Å². The highest BCUT2D eigenvalue weighted by atomic mass is 32.2. The number of thioether (sulfide) groups is 1. The number of methoxy groups -OCH3 is 2. The van der Waals surface area contributed by atoms with Gasteiger partial charge in [-0.1, -0.05) is 30.0 Å². The number of carbonyl (C=O) groups excluding carboxylic acids is 1. The predicted molar refractivity (Wildman–Crippen MR) is 115 cm³/mol. The van der Waals surface area contributed by atoms with Crippen LogP contribution in [-0.4, -0.2) is 48.8 Å². The van der Waals surface area contributed by atoms with Crippen LogP contribution in [0.2, 0.25) is 0 Å². The van der Waals surface area contributed by atoms with Crippen molar-refractivity contribution in [3.8, 4) is 17.2 Å². The van der Waals surface area contributed by atoms with Crippen molar-refractivity contribution in [2.24, 2.45) is 10.2 Å². The third kappa shape index (κ3) is 5.08. The highest BCUT2D eigenvalue weighted by Crippen LogP contribution is 2.29. The molecular weight excluding hydrogens is 390 g/mol. The van der Waals surface area contributed by atoms with E-state index in [9.17, 15) is 4.79 Å². The third-order valence-corrected chi connectivity index (χ3v) is 5.16. The van der Waals surface area contributed by atoms with Gasteiger partial charge in [0.2, 0.25) is 5.91 Å². The van der Waals surface area contributed by atoms with Gasteiger partial charge in [-0.2, -0.15) is 5.10 Å². The summed E-state index contributed by atoms with van der Waals surface area (Å²) in [6.07, 6.45) is 1.59. The molecule has 3 rings (SSSR count). The van der Waals surface area contributed by atoms with Crippen molar-refractivity contribution in [2.75, 3.05) is 26.6 Å². The molecule has 7 nitrogen and oxygen atoms in total. The predicted octanol–water partition coefficient (Wildman–Crippen LogP) is 3.57. The minimum absolute atomic E-state index is 0.0109. The van der Waals surface area contributed by atoms with Crippen LogP contribution < -0.4 is 14.2 Å². The molecule has 0 N–H and O–H groups in total. The van der Waals surface area contributed by atoms with Gasteiger partial charge in [-0.3, -0.25) is 9.69 Å². The Morgan fingerprint density at radius 2 is 1.93 bits per heavy atom. The van der Waals surface area contributed by atoms with Crippen LogP contribution in [0.1, 0.15) is 18.1 Å². The molecule has 0 bridgehead atoms. The lowest BCUT2D eigenvalue weighted by Gasteiger charge is -2.15. The maximum atomic E-state index is 12.3. The second-order valence-electron chi connectivity index (χ2n) is 6.06. The number of hydrogen-bond acceptors (Lipinski definition) is 7.